The van der Waals surface area contributed by atoms with Crippen LogP contribution in [0.3, 0.4) is 0 Å². The van der Waals surface area contributed by atoms with E-state index in [9.17, 15) is 9.90 Å². The van der Waals surface area contributed by atoms with Crippen molar-refractivity contribution in [2.24, 2.45) is 5.73 Å². The molecule has 0 aromatic carbocycles. The Morgan fingerprint density at radius 3 is 3.06 bits per heavy atom. The minimum absolute atomic E-state index is 0.203. The highest BCUT2D eigenvalue weighted by Gasteiger charge is 2.11. The first-order valence-corrected chi connectivity index (χ1v) is 4.88. The van der Waals surface area contributed by atoms with Crippen molar-refractivity contribution < 1.29 is 9.90 Å². The van der Waals surface area contributed by atoms with Gasteiger partial charge in [0, 0.05) is 12.4 Å². The van der Waals surface area contributed by atoms with Gasteiger partial charge in [0.1, 0.15) is 5.69 Å². The number of fused-ring (bicyclic) bond motifs is 1. The SMILES string of the molecule is C[C@@H](O)Cn1cc2c(C(N)=O)nccc2n1. The highest BCUT2D eigenvalue weighted by Crippen LogP contribution is 2.14. The van der Waals surface area contributed by atoms with Gasteiger partial charge in [-0.2, -0.15) is 5.10 Å². The lowest BCUT2D eigenvalue weighted by atomic mass is 10.2. The molecule has 6 heteroatoms. The van der Waals surface area contributed by atoms with Crippen molar-refractivity contribution in [3.63, 3.8) is 0 Å². The van der Waals surface area contributed by atoms with Gasteiger partial charge in [-0.1, -0.05) is 0 Å². The van der Waals surface area contributed by atoms with Gasteiger partial charge < -0.3 is 10.8 Å². The summed E-state index contributed by atoms with van der Waals surface area (Å²) in [4.78, 5) is 15.0. The summed E-state index contributed by atoms with van der Waals surface area (Å²) in [6.45, 7) is 2.03. The molecule has 0 radical (unpaired) electrons. The third-order valence-corrected chi connectivity index (χ3v) is 2.17. The summed E-state index contributed by atoms with van der Waals surface area (Å²) in [5, 5.41) is 14.1. The van der Waals surface area contributed by atoms with E-state index < -0.39 is 12.0 Å². The molecule has 2 aromatic rings. The van der Waals surface area contributed by atoms with E-state index >= 15 is 0 Å². The summed E-state index contributed by atoms with van der Waals surface area (Å²) >= 11 is 0. The number of pyridine rings is 1. The Kier molecular flexibility index (Phi) is 2.57. The fraction of sp³-hybridized carbons (Fsp3) is 0.300. The molecular weight excluding hydrogens is 208 g/mol. The van der Waals surface area contributed by atoms with Crippen molar-refractivity contribution in [3.05, 3.63) is 24.2 Å². The first-order chi connectivity index (χ1) is 7.58. The average Bonchev–Trinajstić information content (AvgIpc) is 2.57. The van der Waals surface area contributed by atoms with E-state index in [-0.39, 0.29) is 5.69 Å². The Hall–Kier alpha value is -1.95. The number of nitrogens with two attached hydrogens (primary N) is 1. The Labute approximate surface area is 91.7 Å². The highest BCUT2D eigenvalue weighted by atomic mass is 16.3. The molecule has 0 aliphatic heterocycles. The molecule has 84 valence electrons. The predicted octanol–water partition coefficient (Wildman–Crippen LogP) is -0.0890. The normalized spacial score (nSPS) is 12.9. The van der Waals surface area contributed by atoms with Crippen molar-refractivity contribution in [1.29, 1.82) is 0 Å². The summed E-state index contributed by atoms with van der Waals surface area (Å²) in [6.07, 6.45) is 2.65. The average molecular weight is 220 g/mol. The molecular formula is C10H12N4O2. The molecule has 0 aliphatic carbocycles. The molecule has 2 rings (SSSR count). The molecule has 16 heavy (non-hydrogen) atoms. The molecule has 0 spiro atoms. The van der Waals surface area contributed by atoms with E-state index in [0.29, 0.717) is 17.4 Å². The number of primary amides is 1. The van der Waals surface area contributed by atoms with Crippen LogP contribution < -0.4 is 5.73 Å². The summed E-state index contributed by atoms with van der Waals surface area (Å²) in [5.74, 6) is -0.581. The Bertz CT molecular complexity index is 533. The van der Waals surface area contributed by atoms with E-state index in [1.165, 1.54) is 6.20 Å². The van der Waals surface area contributed by atoms with Gasteiger partial charge in [0.15, 0.2) is 0 Å². The van der Waals surface area contributed by atoms with Crippen molar-refractivity contribution >= 4 is 16.8 Å². The molecule has 0 unspecified atom stereocenters. The molecule has 1 amide bonds. The number of nitrogens with zero attached hydrogens (tertiary/aromatic N) is 3. The highest BCUT2D eigenvalue weighted by molar-refractivity contribution is 6.03. The van der Waals surface area contributed by atoms with Gasteiger partial charge in [-0.3, -0.25) is 14.5 Å². The molecule has 6 nitrogen and oxygen atoms in total. The van der Waals surface area contributed by atoms with Crippen LogP contribution in [0.25, 0.3) is 10.9 Å². The molecule has 0 aliphatic rings. The van der Waals surface area contributed by atoms with E-state index in [0.717, 1.165) is 0 Å². The quantitative estimate of drug-likeness (QED) is 0.755. The van der Waals surface area contributed by atoms with Crippen LogP contribution in [-0.2, 0) is 6.54 Å². The van der Waals surface area contributed by atoms with Crippen LogP contribution in [0.1, 0.15) is 17.4 Å². The fourth-order valence-electron chi connectivity index (χ4n) is 1.55. The number of rotatable bonds is 3. The van der Waals surface area contributed by atoms with E-state index in [2.05, 4.69) is 10.1 Å². The van der Waals surface area contributed by atoms with Gasteiger partial charge in [0.05, 0.1) is 23.6 Å². The first kappa shape index (κ1) is 10.6. The molecule has 2 aromatic heterocycles. The van der Waals surface area contributed by atoms with E-state index in [1.807, 2.05) is 0 Å². The standard InChI is InChI=1S/C10H12N4O2/c1-6(15)4-14-5-7-8(13-14)2-3-12-9(7)10(11)16/h2-3,5-6,15H,4H2,1H3,(H2,11,16)/t6-/m1/s1. The lowest BCUT2D eigenvalue weighted by Crippen LogP contribution is -2.13. The second-order valence-corrected chi connectivity index (χ2v) is 3.66. The zero-order chi connectivity index (χ0) is 11.7. The number of hydrogen-bond acceptors (Lipinski definition) is 4. The maximum atomic E-state index is 11.1. The number of aliphatic hydroxyl groups is 1. The van der Waals surface area contributed by atoms with Crippen LogP contribution in [0, 0.1) is 0 Å². The van der Waals surface area contributed by atoms with Gasteiger partial charge in [0.2, 0.25) is 0 Å². The maximum absolute atomic E-state index is 11.1. The zero-order valence-electron chi connectivity index (χ0n) is 8.79. The van der Waals surface area contributed by atoms with Gasteiger partial charge >= 0.3 is 0 Å². The van der Waals surface area contributed by atoms with Crippen LogP contribution >= 0.6 is 0 Å². The molecule has 1 atom stereocenters. The monoisotopic (exact) mass is 220 g/mol. The second-order valence-electron chi connectivity index (χ2n) is 3.66. The molecule has 2 heterocycles. The summed E-state index contributed by atoms with van der Waals surface area (Å²) in [6, 6.07) is 1.69. The van der Waals surface area contributed by atoms with Crippen LogP contribution in [0.4, 0.5) is 0 Å². The Morgan fingerprint density at radius 1 is 1.69 bits per heavy atom. The predicted molar refractivity (Wildman–Crippen MR) is 57.7 cm³/mol. The van der Waals surface area contributed by atoms with Crippen molar-refractivity contribution in [2.45, 2.75) is 19.6 Å². The minimum Gasteiger partial charge on any atom is -0.391 e. The molecule has 0 fully saturated rings. The summed E-state index contributed by atoms with van der Waals surface area (Å²) in [7, 11) is 0. The third-order valence-electron chi connectivity index (χ3n) is 2.17. The number of carbonyl (C=O) groups excluding carboxylic acids is 1. The Balaban J connectivity index is 2.52. The maximum Gasteiger partial charge on any atom is 0.268 e. The lowest BCUT2D eigenvalue weighted by molar-refractivity contribution is 0.0997. The van der Waals surface area contributed by atoms with E-state index in [1.54, 1.807) is 23.9 Å². The fourth-order valence-corrected chi connectivity index (χ4v) is 1.55. The smallest absolute Gasteiger partial charge is 0.268 e. The molecule has 0 bridgehead atoms. The number of aliphatic hydroxyl groups excluding tert-OH is 1. The van der Waals surface area contributed by atoms with Crippen LogP contribution in [0.15, 0.2) is 18.5 Å². The van der Waals surface area contributed by atoms with Crippen molar-refractivity contribution in [2.75, 3.05) is 0 Å². The van der Waals surface area contributed by atoms with Crippen LogP contribution in [0.2, 0.25) is 0 Å². The van der Waals surface area contributed by atoms with Crippen LogP contribution in [-0.4, -0.2) is 31.9 Å². The lowest BCUT2D eigenvalue weighted by Gasteiger charge is -2.02. The first-order valence-electron chi connectivity index (χ1n) is 4.88. The number of amides is 1. The topological polar surface area (TPSA) is 94.0 Å². The van der Waals surface area contributed by atoms with Gasteiger partial charge in [-0.05, 0) is 13.0 Å². The number of aromatic nitrogens is 3. The zero-order valence-corrected chi connectivity index (χ0v) is 8.79. The van der Waals surface area contributed by atoms with Crippen molar-refractivity contribution in [3.8, 4) is 0 Å². The van der Waals surface area contributed by atoms with Gasteiger partial charge in [0.25, 0.3) is 5.91 Å². The Morgan fingerprint density at radius 2 is 2.44 bits per heavy atom. The number of carbonyl (C=O) groups is 1. The van der Waals surface area contributed by atoms with Crippen LogP contribution in [0.5, 0.6) is 0 Å². The molecule has 0 saturated heterocycles. The third kappa shape index (κ3) is 1.87. The molecule has 3 N–H and O–H groups in total. The summed E-state index contributed by atoms with van der Waals surface area (Å²) in [5.41, 5.74) is 6.05. The van der Waals surface area contributed by atoms with Gasteiger partial charge in [-0.15, -0.1) is 0 Å². The summed E-state index contributed by atoms with van der Waals surface area (Å²) < 4.78 is 1.57. The minimum atomic E-state index is -0.581. The van der Waals surface area contributed by atoms with Gasteiger partial charge in [-0.25, -0.2) is 0 Å². The van der Waals surface area contributed by atoms with E-state index in [4.69, 9.17) is 5.73 Å². The largest absolute Gasteiger partial charge is 0.391 e. The number of hydrogen-bond donors (Lipinski definition) is 2. The van der Waals surface area contributed by atoms with Crippen molar-refractivity contribution in [1.82, 2.24) is 14.8 Å². The molecule has 0 saturated carbocycles. The second kappa shape index (κ2) is 3.90.